The van der Waals surface area contributed by atoms with Crippen molar-refractivity contribution in [1.82, 2.24) is 0 Å². The number of hydrogen-bond donors (Lipinski definition) is 2. The van der Waals surface area contributed by atoms with Crippen LogP contribution in [0.2, 0.25) is 0 Å². The first-order valence-electron chi connectivity index (χ1n) is 3.06. The lowest BCUT2D eigenvalue weighted by Gasteiger charge is -2.40. The minimum absolute atomic E-state index is 0.207. The molecule has 0 aromatic carbocycles. The van der Waals surface area contributed by atoms with Crippen molar-refractivity contribution >= 4 is 5.78 Å². The van der Waals surface area contributed by atoms with E-state index in [1.807, 2.05) is 0 Å². The SMILES string of the molecule is CC(=O)[C@]1(O)CC[C@@H]1N. The lowest BCUT2D eigenvalue weighted by Crippen LogP contribution is -2.60. The summed E-state index contributed by atoms with van der Waals surface area (Å²) in [5, 5.41) is 9.28. The van der Waals surface area contributed by atoms with Crippen LogP contribution in [0.3, 0.4) is 0 Å². The molecule has 1 saturated carbocycles. The summed E-state index contributed by atoms with van der Waals surface area (Å²) in [4.78, 5) is 10.6. The molecule has 1 aliphatic rings. The van der Waals surface area contributed by atoms with Crippen LogP contribution in [-0.2, 0) is 4.79 Å². The first-order chi connectivity index (χ1) is 4.07. The summed E-state index contributed by atoms with van der Waals surface area (Å²) in [5.41, 5.74) is 4.21. The third-order valence-electron chi connectivity index (χ3n) is 2.06. The molecular formula is C6H11NO2. The van der Waals surface area contributed by atoms with Crippen molar-refractivity contribution in [1.29, 1.82) is 0 Å². The number of carbonyl (C=O) groups excluding carboxylic acids is 1. The minimum atomic E-state index is -1.18. The summed E-state index contributed by atoms with van der Waals surface area (Å²) in [7, 11) is 0. The van der Waals surface area contributed by atoms with Crippen molar-refractivity contribution in [2.24, 2.45) is 5.73 Å². The molecule has 0 aromatic heterocycles. The molecular weight excluding hydrogens is 118 g/mol. The van der Waals surface area contributed by atoms with Gasteiger partial charge in [-0.25, -0.2) is 0 Å². The van der Waals surface area contributed by atoms with Crippen molar-refractivity contribution in [3.63, 3.8) is 0 Å². The molecule has 9 heavy (non-hydrogen) atoms. The second-order valence-electron chi connectivity index (χ2n) is 2.63. The quantitative estimate of drug-likeness (QED) is 0.498. The van der Waals surface area contributed by atoms with Crippen LogP contribution >= 0.6 is 0 Å². The van der Waals surface area contributed by atoms with E-state index in [9.17, 15) is 9.90 Å². The number of aliphatic hydroxyl groups is 1. The Morgan fingerprint density at radius 3 is 2.44 bits per heavy atom. The van der Waals surface area contributed by atoms with Crippen molar-refractivity contribution in [2.45, 2.75) is 31.4 Å². The van der Waals surface area contributed by atoms with E-state index in [1.54, 1.807) is 0 Å². The van der Waals surface area contributed by atoms with E-state index in [0.29, 0.717) is 6.42 Å². The molecule has 1 fully saturated rings. The largest absolute Gasteiger partial charge is 0.380 e. The maximum Gasteiger partial charge on any atom is 0.162 e. The molecule has 3 nitrogen and oxygen atoms in total. The van der Waals surface area contributed by atoms with Crippen LogP contribution in [0.5, 0.6) is 0 Å². The average molecular weight is 129 g/mol. The monoisotopic (exact) mass is 129 g/mol. The number of rotatable bonds is 1. The van der Waals surface area contributed by atoms with Gasteiger partial charge in [-0.2, -0.15) is 0 Å². The first kappa shape index (κ1) is 6.71. The molecule has 3 heteroatoms. The van der Waals surface area contributed by atoms with Gasteiger partial charge in [0.15, 0.2) is 5.78 Å². The number of Topliss-reactive ketones (excluding diaryl/α,β-unsaturated/α-hetero) is 1. The number of carbonyl (C=O) groups is 1. The number of nitrogens with two attached hydrogens (primary N) is 1. The van der Waals surface area contributed by atoms with Crippen LogP contribution in [-0.4, -0.2) is 22.5 Å². The zero-order valence-electron chi connectivity index (χ0n) is 5.42. The molecule has 0 unspecified atom stereocenters. The highest BCUT2D eigenvalue weighted by Gasteiger charge is 2.46. The van der Waals surface area contributed by atoms with Crippen molar-refractivity contribution in [2.75, 3.05) is 0 Å². The van der Waals surface area contributed by atoms with Gasteiger partial charge < -0.3 is 10.8 Å². The average Bonchev–Trinajstić information content (AvgIpc) is 1.82. The van der Waals surface area contributed by atoms with E-state index < -0.39 is 5.60 Å². The standard InChI is InChI=1S/C6H11NO2/c1-4(8)6(9)3-2-5(6)7/h5,9H,2-3,7H2,1H3/t5-,6+/m0/s1. The third kappa shape index (κ3) is 0.767. The third-order valence-corrected chi connectivity index (χ3v) is 2.06. The molecule has 2 atom stereocenters. The van der Waals surface area contributed by atoms with Crippen LogP contribution in [0.15, 0.2) is 0 Å². The van der Waals surface area contributed by atoms with E-state index >= 15 is 0 Å². The second kappa shape index (κ2) is 1.78. The summed E-state index contributed by atoms with van der Waals surface area (Å²) in [6, 6.07) is -0.324. The van der Waals surface area contributed by atoms with Gasteiger partial charge in [0.1, 0.15) is 5.60 Å². The number of ketones is 1. The second-order valence-corrected chi connectivity index (χ2v) is 2.63. The Kier molecular flexibility index (Phi) is 1.33. The molecule has 0 aliphatic heterocycles. The Morgan fingerprint density at radius 1 is 1.89 bits per heavy atom. The van der Waals surface area contributed by atoms with Crippen molar-refractivity contribution in [3.8, 4) is 0 Å². The predicted molar refractivity (Wildman–Crippen MR) is 32.8 cm³/mol. The molecule has 3 N–H and O–H groups in total. The lowest BCUT2D eigenvalue weighted by atomic mass is 9.73. The zero-order chi connectivity index (χ0) is 7.07. The highest BCUT2D eigenvalue weighted by Crippen LogP contribution is 2.30. The smallest absolute Gasteiger partial charge is 0.162 e. The van der Waals surface area contributed by atoms with Crippen LogP contribution in [0, 0.1) is 0 Å². The van der Waals surface area contributed by atoms with Gasteiger partial charge in [-0.15, -0.1) is 0 Å². The minimum Gasteiger partial charge on any atom is -0.380 e. The van der Waals surface area contributed by atoms with Gasteiger partial charge in [0.05, 0.1) is 0 Å². The fraction of sp³-hybridized carbons (Fsp3) is 0.833. The van der Waals surface area contributed by atoms with E-state index in [0.717, 1.165) is 6.42 Å². The molecule has 0 radical (unpaired) electrons. The Hall–Kier alpha value is -0.410. The summed E-state index contributed by atoms with van der Waals surface area (Å²) in [6.45, 7) is 1.37. The summed E-state index contributed by atoms with van der Waals surface area (Å²) >= 11 is 0. The van der Waals surface area contributed by atoms with Crippen LogP contribution in [0.4, 0.5) is 0 Å². The summed E-state index contributed by atoms with van der Waals surface area (Å²) in [5.74, 6) is -0.207. The van der Waals surface area contributed by atoms with Gasteiger partial charge in [0.25, 0.3) is 0 Å². The molecule has 1 rings (SSSR count). The van der Waals surface area contributed by atoms with Crippen molar-refractivity contribution in [3.05, 3.63) is 0 Å². The van der Waals surface area contributed by atoms with Crippen molar-refractivity contribution < 1.29 is 9.90 Å². The molecule has 0 bridgehead atoms. The highest BCUT2D eigenvalue weighted by atomic mass is 16.3. The Labute approximate surface area is 53.9 Å². The lowest BCUT2D eigenvalue weighted by molar-refractivity contribution is -0.146. The Morgan fingerprint density at radius 2 is 2.44 bits per heavy atom. The van der Waals surface area contributed by atoms with Gasteiger partial charge in [-0.05, 0) is 19.8 Å². The molecule has 0 heterocycles. The van der Waals surface area contributed by atoms with E-state index in [4.69, 9.17) is 5.73 Å². The molecule has 0 spiro atoms. The van der Waals surface area contributed by atoms with Crippen LogP contribution in [0.25, 0.3) is 0 Å². The van der Waals surface area contributed by atoms with Crippen LogP contribution < -0.4 is 5.73 Å². The molecule has 1 aliphatic carbocycles. The van der Waals surface area contributed by atoms with E-state index in [1.165, 1.54) is 6.92 Å². The van der Waals surface area contributed by atoms with E-state index in [2.05, 4.69) is 0 Å². The fourth-order valence-corrected chi connectivity index (χ4v) is 1.02. The highest BCUT2D eigenvalue weighted by molar-refractivity contribution is 5.86. The van der Waals surface area contributed by atoms with Gasteiger partial charge >= 0.3 is 0 Å². The summed E-state index contributed by atoms with van der Waals surface area (Å²) in [6.07, 6.45) is 1.29. The maximum atomic E-state index is 10.6. The molecule has 52 valence electrons. The number of hydrogen-bond acceptors (Lipinski definition) is 3. The van der Waals surface area contributed by atoms with Gasteiger partial charge in [-0.3, -0.25) is 4.79 Å². The van der Waals surface area contributed by atoms with Gasteiger partial charge in [0, 0.05) is 6.04 Å². The molecule has 0 saturated heterocycles. The summed E-state index contributed by atoms with van der Waals surface area (Å²) < 4.78 is 0. The molecule has 0 aromatic rings. The van der Waals surface area contributed by atoms with Gasteiger partial charge in [-0.1, -0.05) is 0 Å². The normalized spacial score (nSPS) is 41.9. The topological polar surface area (TPSA) is 63.3 Å². The van der Waals surface area contributed by atoms with Gasteiger partial charge in [0.2, 0.25) is 0 Å². The Bertz CT molecular complexity index is 146. The van der Waals surface area contributed by atoms with Crippen LogP contribution in [0.1, 0.15) is 19.8 Å². The predicted octanol–water partition coefficient (Wildman–Crippen LogP) is -0.572. The Balaban J connectivity index is 2.64. The maximum absolute atomic E-state index is 10.6. The zero-order valence-corrected chi connectivity index (χ0v) is 5.42. The van der Waals surface area contributed by atoms with E-state index in [-0.39, 0.29) is 11.8 Å². The first-order valence-corrected chi connectivity index (χ1v) is 3.06. The fourth-order valence-electron chi connectivity index (χ4n) is 1.02. The molecule has 0 amide bonds.